The van der Waals surface area contributed by atoms with E-state index in [1.54, 1.807) is 11.8 Å². The summed E-state index contributed by atoms with van der Waals surface area (Å²) in [5.41, 5.74) is 7.87. The highest BCUT2D eigenvalue weighted by atomic mass is 32.2. The van der Waals surface area contributed by atoms with Gasteiger partial charge in [0.25, 0.3) is 0 Å². The monoisotopic (exact) mass is 293 g/mol. The summed E-state index contributed by atoms with van der Waals surface area (Å²) in [4.78, 5) is 11.6. The van der Waals surface area contributed by atoms with Crippen molar-refractivity contribution in [3.8, 4) is 0 Å². The average molecular weight is 293 g/mol. The maximum atomic E-state index is 11.6. The summed E-state index contributed by atoms with van der Waals surface area (Å²) >= 11 is 1.67. The zero-order valence-electron chi connectivity index (χ0n) is 12.9. The van der Waals surface area contributed by atoms with Gasteiger partial charge in [0.2, 0.25) is 5.91 Å². The van der Waals surface area contributed by atoms with E-state index in [-0.39, 0.29) is 11.2 Å². The van der Waals surface area contributed by atoms with Gasteiger partial charge in [-0.2, -0.15) is 0 Å². The first-order valence-corrected chi connectivity index (χ1v) is 8.62. The van der Waals surface area contributed by atoms with Crippen molar-refractivity contribution in [2.75, 3.05) is 5.75 Å². The smallest absolute Gasteiger partial charge is 0.235 e. The highest BCUT2D eigenvalue weighted by Gasteiger charge is 2.18. The van der Waals surface area contributed by atoms with Crippen LogP contribution in [0.2, 0.25) is 0 Å². The van der Waals surface area contributed by atoms with Crippen LogP contribution in [-0.4, -0.2) is 11.7 Å². The van der Waals surface area contributed by atoms with Crippen molar-refractivity contribution in [1.82, 2.24) is 0 Å². The number of unbranched alkanes of at least 4 members (excludes halogenated alkanes) is 3. The lowest BCUT2D eigenvalue weighted by Gasteiger charge is -2.14. The minimum absolute atomic E-state index is 0.210. The first kappa shape index (κ1) is 17.1. The molecule has 2 N–H and O–H groups in total. The van der Waals surface area contributed by atoms with Crippen LogP contribution in [0.4, 0.5) is 0 Å². The van der Waals surface area contributed by atoms with E-state index in [1.165, 1.54) is 24.8 Å². The van der Waals surface area contributed by atoms with Gasteiger partial charge in [0.15, 0.2) is 0 Å². The van der Waals surface area contributed by atoms with Crippen LogP contribution in [0.15, 0.2) is 24.3 Å². The van der Waals surface area contributed by atoms with E-state index in [0.717, 1.165) is 17.7 Å². The van der Waals surface area contributed by atoms with Crippen molar-refractivity contribution in [1.29, 1.82) is 0 Å². The lowest BCUT2D eigenvalue weighted by Crippen LogP contribution is -2.19. The highest BCUT2D eigenvalue weighted by Crippen LogP contribution is 2.30. The molecule has 0 aliphatic carbocycles. The number of benzene rings is 1. The van der Waals surface area contributed by atoms with E-state index in [2.05, 4.69) is 32.9 Å². The first-order chi connectivity index (χ1) is 9.56. The number of thioether (sulfide) groups is 1. The molecule has 2 nitrogen and oxygen atoms in total. The van der Waals surface area contributed by atoms with Gasteiger partial charge in [0.1, 0.15) is 5.25 Å². The summed E-state index contributed by atoms with van der Waals surface area (Å²) in [6.45, 7) is 6.54. The number of carbonyl (C=O) groups excluding carboxylic acids is 1. The second-order valence-corrected chi connectivity index (χ2v) is 6.75. The van der Waals surface area contributed by atoms with E-state index >= 15 is 0 Å². The third kappa shape index (κ3) is 5.58. The van der Waals surface area contributed by atoms with Gasteiger partial charge in [0.05, 0.1) is 0 Å². The second-order valence-electron chi connectivity index (χ2n) is 5.54. The summed E-state index contributed by atoms with van der Waals surface area (Å²) in [6.07, 6.45) is 4.90. The second kappa shape index (κ2) is 9.06. The summed E-state index contributed by atoms with van der Waals surface area (Å²) in [7, 11) is 0. The molecule has 0 aliphatic rings. The van der Waals surface area contributed by atoms with Gasteiger partial charge in [-0.3, -0.25) is 4.79 Å². The topological polar surface area (TPSA) is 43.1 Å². The van der Waals surface area contributed by atoms with Gasteiger partial charge in [-0.25, -0.2) is 0 Å². The molecule has 3 heteroatoms. The Kier molecular flexibility index (Phi) is 7.75. The zero-order chi connectivity index (χ0) is 15.0. The number of nitrogens with two attached hydrogens (primary N) is 1. The van der Waals surface area contributed by atoms with E-state index in [4.69, 9.17) is 5.73 Å². The Hall–Kier alpha value is -0.960. The standard InChI is InChI=1S/C17H27NOS/c1-4-5-6-7-12-20-16(17(18)19)15-10-8-14(9-11-15)13(2)3/h8-11,13,16H,4-7,12H2,1-3H3,(H2,18,19)/t16-/m1/s1. The molecule has 0 bridgehead atoms. The van der Waals surface area contributed by atoms with Crippen molar-refractivity contribution in [2.45, 2.75) is 57.6 Å². The van der Waals surface area contributed by atoms with E-state index in [9.17, 15) is 4.79 Å². The quantitative estimate of drug-likeness (QED) is 0.673. The molecule has 1 aromatic carbocycles. The minimum atomic E-state index is -0.234. The Labute approximate surface area is 127 Å². The lowest BCUT2D eigenvalue weighted by atomic mass is 10.0. The molecule has 1 atom stereocenters. The number of hydrogen-bond acceptors (Lipinski definition) is 2. The maximum Gasteiger partial charge on any atom is 0.235 e. The average Bonchev–Trinajstić information content (AvgIpc) is 2.42. The normalized spacial score (nSPS) is 12.6. The molecule has 0 fully saturated rings. The summed E-state index contributed by atoms with van der Waals surface area (Å²) in [6, 6.07) is 8.30. The number of rotatable bonds is 9. The summed E-state index contributed by atoms with van der Waals surface area (Å²) in [5, 5.41) is -0.210. The van der Waals surface area contributed by atoms with Crippen molar-refractivity contribution in [3.05, 3.63) is 35.4 Å². The molecule has 20 heavy (non-hydrogen) atoms. The SMILES string of the molecule is CCCCCCS[C@@H](C(N)=O)c1ccc(C(C)C)cc1. The Bertz CT molecular complexity index is 400. The molecule has 0 unspecified atom stereocenters. The number of primary amides is 1. The van der Waals surface area contributed by atoms with Crippen LogP contribution in [0.3, 0.4) is 0 Å². The van der Waals surface area contributed by atoms with Crippen molar-refractivity contribution in [3.63, 3.8) is 0 Å². The lowest BCUT2D eigenvalue weighted by molar-refractivity contribution is -0.117. The minimum Gasteiger partial charge on any atom is -0.368 e. The molecule has 1 amide bonds. The Morgan fingerprint density at radius 3 is 2.20 bits per heavy atom. The molecule has 0 heterocycles. The van der Waals surface area contributed by atoms with Gasteiger partial charge < -0.3 is 5.73 Å². The summed E-state index contributed by atoms with van der Waals surface area (Å²) < 4.78 is 0. The highest BCUT2D eigenvalue weighted by molar-refractivity contribution is 8.00. The third-order valence-electron chi connectivity index (χ3n) is 3.45. The Morgan fingerprint density at radius 1 is 1.10 bits per heavy atom. The van der Waals surface area contributed by atoms with Crippen molar-refractivity contribution in [2.24, 2.45) is 5.73 Å². The first-order valence-electron chi connectivity index (χ1n) is 7.57. The van der Waals surface area contributed by atoms with Crippen LogP contribution in [0, 0.1) is 0 Å². The fourth-order valence-corrected chi connectivity index (χ4v) is 3.25. The molecular weight excluding hydrogens is 266 g/mol. The molecule has 1 rings (SSSR count). The number of hydrogen-bond donors (Lipinski definition) is 1. The van der Waals surface area contributed by atoms with Gasteiger partial charge in [0, 0.05) is 0 Å². The Morgan fingerprint density at radius 2 is 1.70 bits per heavy atom. The third-order valence-corrected chi connectivity index (χ3v) is 4.81. The molecule has 0 aromatic heterocycles. The Balaban J connectivity index is 2.59. The van der Waals surface area contributed by atoms with Crippen LogP contribution in [0.25, 0.3) is 0 Å². The zero-order valence-corrected chi connectivity index (χ0v) is 13.7. The molecular formula is C17H27NOS. The van der Waals surface area contributed by atoms with Gasteiger partial charge in [-0.15, -0.1) is 11.8 Å². The van der Waals surface area contributed by atoms with Crippen LogP contribution in [-0.2, 0) is 4.79 Å². The van der Waals surface area contributed by atoms with Crippen LogP contribution in [0.5, 0.6) is 0 Å². The number of amides is 1. The fraction of sp³-hybridized carbons (Fsp3) is 0.588. The van der Waals surface area contributed by atoms with Crippen LogP contribution >= 0.6 is 11.8 Å². The molecule has 0 saturated heterocycles. The number of carbonyl (C=O) groups is 1. The predicted octanol–water partition coefficient (Wildman–Crippen LogP) is 4.65. The van der Waals surface area contributed by atoms with E-state index in [1.807, 2.05) is 12.1 Å². The van der Waals surface area contributed by atoms with Gasteiger partial charge >= 0.3 is 0 Å². The predicted molar refractivity (Wildman–Crippen MR) is 89.1 cm³/mol. The van der Waals surface area contributed by atoms with Gasteiger partial charge in [-0.1, -0.05) is 64.3 Å². The van der Waals surface area contributed by atoms with Crippen LogP contribution < -0.4 is 5.73 Å². The molecule has 112 valence electrons. The van der Waals surface area contributed by atoms with E-state index in [0.29, 0.717) is 5.92 Å². The van der Waals surface area contributed by atoms with Gasteiger partial charge in [-0.05, 0) is 29.2 Å². The molecule has 0 saturated carbocycles. The maximum absolute atomic E-state index is 11.6. The summed E-state index contributed by atoms with van der Waals surface area (Å²) in [5.74, 6) is 1.28. The van der Waals surface area contributed by atoms with E-state index < -0.39 is 0 Å². The molecule has 0 radical (unpaired) electrons. The van der Waals surface area contributed by atoms with Crippen molar-refractivity contribution < 1.29 is 4.79 Å². The fourth-order valence-electron chi connectivity index (χ4n) is 2.13. The molecule has 0 spiro atoms. The van der Waals surface area contributed by atoms with Crippen LogP contribution in [0.1, 0.15) is 68.7 Å². The van der Waals surface area contributed by atoms with Crippen molar-refractivity contribution >= 4 is 17.7 Å². The molecule has 0 aliphatic heterocycles. The molecule has 1 aromatic rings. The largest absolute Gasteiger partial charge is 0.368 e.